The molecule has 0 amide bonds. The number of nitrogens with zero attached hydrogens (tertiary/aromatic N) is 1. The van der Waals surface area contributed by atoms with Gasteiger partial charge in [0.15, 0.2) is 5.78 Å². The van der Waals surface area contributed by atoms with E-state index in [-0.39, 0.29) is 17.3 Å². The highest BCUT2D eigenvalue weighted by Crippen LogP contribution is 2.63. The van der Waals surface area contributed by atoms with Crippen LogP contribution < -0.4 is 0 Å². The summed E-state index contributed by atoms with van der Waals surface area (Å²) in [7, 11) is 0. The fourth-order valence-electron chi connectivity index (χ4n) is 6.51. The zero-order chi connectivity index (χ0) is 17.9. The minimum atomic E-state index is -0.192. The Morgan fingerprint density at radius 3 is 2.88 bits per heavy atom. The van der Waals surface area contributed by atoms with Gasteiger partial charge in [0.1, 0.15) is 0 Å². The standard InChI is InChI=1S/C23H27NO2/c1-23-12-19(15-3-2-10-24-13-15)22-17-7-5-16(25)11-14(17)4-6-18(22)20(23)8-9-21(23)26/h2-3,10-11,13,18-21,26H,4-9,12H2,1H3. The van der Waals surface area contributed by atoms with E-state index in [1.54, 1.807) is 5.57 Å². The summed E-state index contributed by atoms with van der Waals surface area (Å²) in [6.07, 6.45) is 12.3. The number of aromatic nitrogens is 1. The number of fused-ring (bicyclic) bond motifs is 4. The Hall–Kier alpha value is -1.74. The summed E-state index contributed by atoms with van der Waals surface area (Å²) < 4.78 is 0. The van der Waals surface area contributed by atoms with E-state index in [0.29, 0.717) is 24.2 Å². The molecule has 26 heavy (non-hydrogen) atoms. The van der Waals surface area contributed by atoms with Crippen molar-refractivity contribution in [2.24, 2.45) is 17.3 Å². The minimum absolute atomic E-state index is 0.000931. The third kappa shape index (κ3) is 2.29. The summed E-state index contributed by atoms with van der Waals surface area (Å²) in [5.74, 6) is 1.75. The second-order valence-electron chi connectivity index (χ2n) is 8.96. The van der Waals surface area contributed by atoms with Crippen LogP contribution in [0, 0.1) is 17.3 Å². The van der Waals surface area contributed by atoms with Crippen LogP contribution in [-0.2, 0) is 4.79 Å². The Morgan fingerprint density at radius 2 is 2.08 bits per heavy atom. The number of aliphatic hydroxyl groups excluding tert-OH is 1. The van der Waals surface area contributed by atoms with Crippen molar-refractivity contribution in [2.45, 2.75) is 63.9 Å². The van der Waals surface area contributed by atoms with E-state index in [1.165, 1.54) is 16.7 Å². The van der Waals surface area contributed by atoms with Gasteiger partial charge in [-0.3, -0.25) is 9.78 Å². The van der Waals surface area contributed by atoms with Gasteiger partial charge in [0.2, 0.25) is 0 Å². The summed E-state index contributed by atoms with van der Waals surface area (Å²) >= 11 is 0. The number of allylic oxidation sites excluding steroid dienone is 4. The monoisotopic (exact) mass is 349 g/mol. The van der Waals surface area contributed by atoms with Crippen LogP contribution in [0.3, 0.4) is 0 Å². The molecule has 0 aliphatic heterocycles. The van der Waals surface area contributed by atoms with Crippen molar-refractivity contribution in [3.8, 4) is 0 Å². The number of pyridine rings is 1. The Balaban J connectivity index is 1.69. The summed E-state index contributed by atoms with van der Waals surface area (Å²) in [6, 6.07) is 4.22. The first-order valence-corrected chi connectivity index (χ1v) is 10.1. The van der Waals surface area contributed by atoms with Gasteiger partial charge in [0.25, 0.3) is 0 Å². The smallest absolute Gasteiger partial charge is 0.156 e. The fraction of sp³-hybridized carbons (Fsp3) is 0.565. The lowest BCUT2D eigenvalue weighted by atomic mass is 9.53. The Bertz CT molecular complexity index is 809. The lowest BCUT2D eigenvalue weighted by molar-refractivity contribution is -0.114. The van der Waals surface area contributed by atoms with Gasteiger partial charge in [-0.05, 0) is 84.6 Å². The van der Waals surface area contributed by atoms with Crippen LogP contribution in [0.5, 0.6) is 0 Å². The van der Waals surface area contributed by atoms with Gasteiger partial charge < -0.3 is 5.11 Å². The van der Waals surface area contributed by atoms with Crippen LogP contribution in [0.25, 0.3) is 0 Å². The average molecular weight is 349 g/mol. The van der Waals surface area contributed by atoms with Crippen LogP contribution in [0.2, 0.25) is 0 Å². The number of hydrogen-bond acceptors (Lipinski definition) is 3. The van der Waals surface area contributed by atoms with E-state index < -0.39 is 0 Å². The van der Waals surface area contributed by atoms with E-state index in [1.807, 2.05) is 24.5 Å². The van der Waals surface area contributed by atoms with Gasteiger partial charge in [-0.25, -0.2) is 0 Å². The van der Waals surface area contributed by atoms with E-state index in [0.717, 1.165) is 38.5 Å². The quantitative estimate of drug-likeness (QED) is 0.820. The predicted octanol–water partition coefficient (Wildman–Crippen LogP) is 4.34. The van der Waals surface area contributed by atoms with Gasteiger partial charge in [-0.1, -0.05) is 18.6 Å². The molecule has 3 heteroatoms. The Kier molecular flexibility index (Phi) is 3.72. The predicted molar refractivity (Wildman–Crippen MR) is 101 cm³/mol. The highest BCUT2D eigenvalue weighted by atomic mass is 16.3. The number of rotatable bonds is 1. The van der Waals surface area contributed by atoms with Crippen LogP contribution in [0.1, 0.15) is 63.4 Å². The van der Waals surface area contributed by atoms with Crippen LogP contribution in [0.4, 0.5) is 0 Å². The first kappa shape index (κ1) is 16.4. The molecular weight excluding hydrogens is 322 g/mol. The van der Waals surface area contributed by atoms with Crippen molar-refractivity contribution in [1.82, 2.24) is 4.98 Å². The van der Waals surface area contributed by atoms with Crippen molar-refractivity contribution in [2.75, 3.05) is 0 Å². The molecule has 1 aromatic rings. The molecule has 5 unspecified atom stereocenters. The molecular formula is C23H27NO2. The second-order valence-corrected chi connectivity index (χ2v) is 8.96. The maximum atomic E-state index is 12.0. The summed E-state index contributed by atoms with van der Waals surface area (Å²) in [6.45, 7) is 2.32. The van der Waals surface area contributed by atoms with Crippen molar-refractivity contribution in [3.63, 3.8) is 0 Å². The lowest BCUT2D eigenvalue weighted by Crippen LogP contribution is -2.45. The van der Waals surface area contributed by atoms with Gasteiger partial charge in [-0.15, -0.1) is 0 Å². The summed E-state index contributed by atoms with van der Waals surface area (Å²) in [4.78, 5) is 16.4. The number of hydrogen-bond donors (Lipinski definition) is 1. The summed E-state index contributed by atoms with van der Waals surface area (Å²) in [5, 5.41) is 10.8. The van der Waals surface area contributed by atoms with Crippen molar-refractivity contribution in [1.29, 1.82) is 0 Å². The number of ketones is 1. The average Bonchev–Trinajstić information content (AvgIpc) is 2.96. The zero-order valence-electron chi connectivity index (χ0n) is 15.4. The number of carbonyl (C=O) groups excluding carboxylic acids is 1. The van der Waals surface area contributed by atoms with E-state index in [9.17, 15) is 9.90 Å². The number of aliphatic hydroxyl groups is 1. The molecule has 5 rings (SSSR count). The molecule has 1 N–H and O–H groups in total. The zero-order valence-corrected chi connectivity index (χ0v) is 15.4. The molecule has 2 fully saturated rings. The lowest BCUT2D eigenvalue weighted by Gasteiger charge is -2.51. The normalized spacial score (nSPS) is 39.2. The molecule has 0 bridgehead atoms. The van der Waals surface area contributed by atoms with Gasteiger partial charge in [-0.2, -0.15) is 0 Å². The van der Waals surface area contributed by atoms with Gasteiger partial charge in [0.05, 0.1) is 6.10 Å². The van der Waals surface area contributed by atoms with Crippen LogP contribution >= 0.6 is 0 Å². The molecule has 136 valence electrons. The minimum Gasteiger partial charge on any atom is -0.393 e. The maximum absolute atomic E-state index is 12.0. The summed E-state index contributed by atoms with van der Waals surface area (Å²) in [5.41, 5.74) is 5.62. The molecule has 1 aromatic heterocycles. The van der Waals surface area contributed by atoms with E-state index >= 15 is 0 Å². The number of carbonyl (C=O) groups is 1. The molecule has 0 saturated heterocycles. The van der Waals surface area contributed by atoms with Crippen LogP contribution in [0.15, 0.2) is 47.3 Å². The second kappa shape index (κ2) is 5.88. The van der Waals surface area contributed by atoms with Crippen molar-refractivity contribution in [3.05, 3.63) is 52.9 Å². The topological polar surface area (TPSA) is 50.2 Å². The first-order chi connectivity index (χ1) is 12.6. The Morgan fingerprint density at radius 1 is 1.19 bits per heavy atom. The fourth-order valence-corrected chi connectivity index (χ4v) is 6.51. The molecule has 0 aromatic carbocycles. The molecule has 5 atom stereocenters. The SMILES string of the molecule is CC12CC(c3cccnc3)C3=C4CCC(=O)C=C4CCC3C1CCC2O. The highest BCUT2D eigenvalue weighted by Gasteiger charge is 2.56. The largest absolute Gasteiger partial charge is 0.393 e. The molecule has 0 radical (unpaired) electrons. The molecule has 2 saturated carbocycles. The maximum Gasteiger partial charge on any atom is 0.156 e. The van der Waals surface area contributed by atoms with Gasteiger partial charge >= 0.3 is 0 Å². The molecule has 3 nitrogen and oxygen atoms in total. The van der Waals surface area contributed by atoms with Gasteiger partial charge in [0, 0.05) is 24.7 Å². The molecule has 4 aliphatic rings. The third-order valence-electron chi connectivity index (χ3n) is 7.77. The molecule has 1 heterocycles. The third-order valence-corrected chi connectivity index (χ3v) is 7.77. The van der Waals surface area contributed by atoms with E-state index in [2.05, 4.69) is 18.0 Å². The first-order valence-electron chi connectivity index (χ1n) is 10.1. The van der Waals surface area contributed by atoms with Crippen molar-refractivity contribution < 1.29 is 9.90 Å². The van der Waals surface area contributed by atoms with Crippen LogP contribution in [-0.4, -0.2) is 22.0 Å². The molecule has 4 aliphatic carbocycles. The van der Waals surface area contributed by atoms with E-state index in [4.69, 9.17) is 0 Å². The Labute approximate surface area is 155 Å². The van der Waals surface area contributed by atoms with Crippen molar-refractivity contribution >= 4 is 5.78 Å². The molecule has 0 spiro atoms. The highest BCUT2D eigenvalue weighted by molar-refractivity contribution is 5.93.